The fraction of sp³-hybridized carbons (Fsp3) is 0.0833. The number of hydrogen-bond acceptors (Lipinski definition) is 3. The van der Waals surface area contributed by atoms with Gasteiger partial charge < -0.3 is 0 Å². The lowest BCUT2D eigenvalue weighted by Gasteiger charge is -2.08. The monoisotopic (exact) mass is 197 g/mol. The highest BCUT2D eigenvalue weighted by molar-refractivity contribution is 6.51. The first-order chi connectivity index (χ1) is 7.31. The molecule has 0 spiro atoms. The number of allylic oxidation sites excluding steroid dienone is 4. The summed E-state index contributed by atoms with van der Waals surface area (Å²) in [7, 11) is 1.69. The second-order valence-corrected chi connectivity index (χ2v) is 3.20. The van der Waals surface area contributed by atoms with Crippen molar-refractivity contribution in [3.05, 3.63) is 48.3 Å². The van der Waals surface area contributed by atoms with E-state index >= 15 is 0 Å². The van der Waals surface area contributed by atoms with Crippen LogP contribution in [0.2, 0.25) is 0 Å². The van der Waals surface area contributed by atoms with Gasteiger partial charge in [0, 0.05) is 25.0 Å². The van der Waals surface area contributed by atoms with Crippen LogP contribution in [0.5, 0.6) is 0 Å². The van der Waals surface area contributed by atoms with Crippen molar-refractivity contribution in [2.75, 3.05) is 7.05 Å². The lowest BCUT2D eigenvalue weighted by atomic mass is 9.99. The molecule has 0 amide bonds. The summed E-state index contributed by atoms with van der Waals surface area (Å²) in [5.41, 5.74) is 3.18. The highest BCUT2D eigenvalue weighted by atomic mass is 14.7. The molecule has 0 atom stereocenters. The third-order valence-electron chi connectivity index (χ3n) is 2.23. The van der Waals surface area contributed by atoms with Crippen molar-refractivity contribution in [1.29, 1.82) is 5.41 Å². The largest absolute Gasteiger partial charge is 0.299 e. The Morgan fingerprint density at radius 2 is 2.20 bits per heavy atom. The lowest BCUT2D eigenvalue weighted by molar-refractivity contribution is 1.31. The molecule has 0 bridgehead atoms. The van der Waals surface area contributed by atoms with Gasteiger partial charge in [-0.1, -0.05) is 12.1 Å². The molecule has 1 N–H and O–H groups in total. The van der Waals surface area contributed by atoms with Gasteiger partial charge in [-0.05, 0) is 23.8 Å². The zero-order chi connectivity index (χ0) is 10.7. The summed E-state index contributed by atoms with van der Waals surface area (Å²) < 4.78 is 0. The average molecular weight is 197 g/mol. The standard InChI is InChI=1S/C12H11N3/c1-14-12-5-4-9(7-11(12)13)10-3-2-6-15-8-10/h2-8,13H,1H3. The van der Waals surface area contributed by atoms with Gasteiger partial charge in [0.1, 0.15) is 0 Å². The summed E-state index contributed by atoms with van der Waals surface area (Å²) in [6.07, 6.45) is 9.14. The maximum absolute atomic E-state index is 7.75. The van der Waals surface area contributed by atoms with E-state index in [1.54, 1.807) is 25.5 Å². The molecule has 0 saturated heterocycles. The molecule has 3 nitrogen and oxygen atoms in total. The third-order valence-corrected chi connectivity index (χ3v) is 2.23. The molecule has 0 aromatic carbocycles. The van der Waals surface area contributed by atoms with Gasteiger partial charge in [0.05, 0.1) is 11.4 Å². The molecule has 15 heavy (non-hydrogen) atoms. The van der Waals surface area contributed by atoms with Gasteiger partial charge >= 0.3 is 0 Å². The molecule has 0 aliphatic heterocycles. The molecule has 0 unspecified atom stereocenters. The van der Waals surface area contributed by atoms with Crippen molar-refractivity contribution in [3.8, 4) is 0 Å². The Hall–Kier alpha value is -2.03. The van der Waals surface area contributed by atoms with Gasteiger partial charge in [-0.2, -0.15) is 0 Å². The van der Waals surface area contributed by atoms with Gasteiger partial charge in [-0.15, -0.1) is 0 Å². The minimum atomic E-state index is 0.443. The first-order valence-corrected chi connectivity index (χ1v) is 4.67. The van der Waals surface area contributed by atoms with Crippen molar-refractivity contribution >= 4 is 17.0 Å². The van der Waals surface area contributed by atoms with E-state index < -0.39 is 0 Å². The van der Waals surface area contributed by atoms with Gasteiger partial charge in [0.15, 0.2) is 0 Å². The summed E-state index contributed by atoms with van der Waals surface area (Å²) in [6, 6.07) is 3.86. The fourth-order valence-corrected chi connectivity index (χ4v) is 1.44. The van der Waals surface area contributed by atoms with Crippen molar-refractivity contribution in [2.24, 2.45) is 4.99 Å². The minimum Gasteiger partial charge on any atom is -0.299 e. The van der Waals surface area contributed by atoms with E-state index in [9.17, 15) is 0 Å². The van der Waals surface area contributed by atoms with Crippen LogP contribution in [0.4, 0.5) is 0 Å². The molecule has 1 aliphatic carbocycles. The summed E-state index contributed by atoms with van der Waals surface area (Å²) >= 11 is 0. The smallest absolute Gasteiger partial charge is 0.0820 e. The molecule has 3 heteroatoms. The van der Waals surface area contributed by atoms with E-state index in [4.69, 9.17) is 5.41 Å². The Morgan fingerprint density at radius 1 is 1.33 bits per heavy atom. The van der Waals surface area contributed by atoms with Gasteiger partial charge in [-0.25, -0.2) is 0 Å². The van der Waals surface area contributed by atoms with Crippen molar-refractivity contribution in [1.82, 2.24) is 4.98 Å². The number of nitrogens with zero attached hydrogens (tertiary/aromatic N) is 2. The molecule has 74 valence electrons. The molecule has 0 fully saturated rings. The normalized spacial score (nSPS) is 18.1. The second-order valence-electron chi connectivity index (χ2n) is 3.20. The second kappa shape index (κ2) is 4.00. The van der Waals surface area contributed by atoms with E-state index in [2.05, 4.69) is 9.98 Å². The highest BCUT2D eigenvalue weighted by Crippen LogP contribution is 2.17. The number of rotatable bonds is 1. The minimum absolute atomic E-state index is 0.443. The van der Waals surface area contributed by atoms with Crippen LogP contribution in [-0.2, 0) is 0 Å². The van der Waals surface area contributed by atoms with Crippen molar-refractivity contribution in [3.63, 3.8) is 0 Å². The van der Waals surface area contributed by atoms with E-state index in [0.717, 1.165) is 11.1 Å². The average Bonchev–Trinajstić information content (AvgIpc) is 2.30. The van der Waals surface area contributed by atoms with Crippen LogP contribution in [0, 0.1) is 5.41 Å². The quantitative estimate of drug-likeness (QED) is 0.689. The lowest BCUT2D eigenvalue weighted by Crippen LogP contribution is -2.11. The molecule has 0 radical (unpaired) electrons. The summed E-state index contributed by atoms with van der Waals surface area (Å²) in [6.45, 7) is 0. The van der Waals surface area contributed by atoms with Crippen LogP contribution < -0.4 is 0 Å². The molecular formula is C12H11N3. The molecule has 1 aliphatic rings. The van der Waals surface area contributed by atoms with Crippen LogP contribution in [0.15, 0.2) is 47.7 Å². The Kier molecular flexibility index (Phi) is 2.54. The predicted molar refractivity (Wildman–Crippen MR) is 62.4 cm³/mol. The zero-order valence-corrected chi connectivity index (χ0v) is 8.44. The molecule has 2 rings (SSSR count). The van der Waals surface area contributed by atoms with Crippen molar-refractivity contribution < 1.29 is 0 Å². The maximum Gasteiger partial charge on any atom is 0.0820 e. The summed E-state index contributed by atoms with van der Waals surface area (Å²) in [5.74, 6) is 0. The van der Waals surface area contributed by atoms with E-state index in [0.29, 0.717) is 11.4 Å². The molecule has 1 aromatic rings. The number of hydrogen-bond donors (Lipinski definition) is 1. The Morgan fingerprint density at radius 3 is 2.80 bits per heavy atom. The van der Waals surface area contributed by atoms with E-state index in [-0.39, 0.29) is 0 Å². The highest BCUT2D eigenvalue weighted by Gasteiger charge is 2.08. The van der Waals surface area contributed by atoms with Crippen LogP contribution >= 0.6 is 0 Å². The van der Waals surface area contributed by atoms with Gasteiger partial charge in [-0.3, -0.25) is 15.4 Å². The van der Waals surface area contributed by atoms with Crippen molar-refractivity contribution in [2.45, 2.75) is 0 Å². The van der Waals surface area contributed by atoms with Crippen LogP contribution in [0.3, 0.4) is 0 Å². The van der Waals surface area contributed by atoms with Gasteiger partial charge in [0.25, 0.3) is 0 Å². The molecular weight excluding hydrogens is 186 g/mol. The Balaban J connectivity index is 2.36. The zero-order valence-electron chi connectivity index (χ0n) is 8.44. The molecule has 1 heterocycles. The van der Waals surface area contributed by atoms with E-state index in [1.807, 2.05) is 24.3 Å². The number of aliphatic imine (C=N–C) groups is 1. The first kappa shape index (κ1) is 9.52. The SMILES string of the molecule is CN=C1C=CC(c2cccnc2)=CC1=N. The number of aromatic nitrogens is 1. The molecule has 1 aromatic heterocycles. The van der Waals surface area contributed by atoms with Crippen LogP contribution in [0.1, 0.15) is 5.56 Å². The third kappa shape index (κ3) is 1.91. The summed E-state index contributed by atoms with van der Waals surface area (Å²) in [5, 5.41) is 7.75. The predicted octanol–water partition coefficient (Wildman–Crippen LogP) is 2.13. The van der Waals surface area contributed by atoms with Crippen LogP contribution in [-0.4, -0.2) is 23.5 Å². The summed E-state index contributed by atoms with van der Waals surface area (Å²) in [4.78, 5) is 8.05. The Labute approximate surface area is 88.4 Å². The topological polar surface area (TPSA) is 49.1 Å². The van der Waals surface area contributed by atoms with E-state index in [1.165, 1.54) is 0 Å². The number of pyridine rings is 1. The Bertz CT molecular complexity index is 467. The molecule has 0 saturated carbocycles. The first-order valence-electron chi connectivity index (χ1n) is 4.67. The maximum atomic E-state index is 7.75. The fourth-order valence-electron chi connectivity index (χ4n) is 1.44. The number of nitrogens with one attached hydrogen (secondary N) is 1. The van der Waals surface area contributed by atoms with Crippen LogP contribution in [0.25, 0.3) is 5.57 Å². The van der Waals surface area contributed by atoms with Gasteiger partial charge in [0.2, 0.25) is 0 Å².